The summed E-state index contributed by atoms with van der Waals surface area (Å²) in [6.45, 7) is 1.26. The Bertz CT molecular complexity index is 1100. The van der Waals surface area contributed by atoms with Crippen LogP contribution in [0.2, 0.25) is 5.28 Å². The number of imidazole rings is 1. The molecule has 0 saturated carbocycles. The van der Waals surface area contributed by atoms with Gasteiger partial charge in [-0.25, -0.2) is 9.99 Å². The number of rotatable bonds is 6. The molecule has 33 heavy (non-hydrogen) atoms. The van der Waals surface area contributed by atoms with Crippen molar-refractivity contribution in [3.05, 3.63) is 41.9 Å². The molecule has 1 aromatic carbocycles. The first-order valence-corrected chi connectivity index (χ1v) is 12.0. The minimum atomic E-state index is -1.24. The lowest BCUT2D eigenvalue weighted by Crippen LogP contribution is -2.39. The average molecular weight is 493 g/mol. The van der Waals surface area contributed by atoms with Crippen LogP contribution in [0.15, 0.2) is 41.6 Å². The number of aromatic nitrogens is 4. The standard InChI is InChI=1S/C21H25ClN6O4S/c22-21-24-18(26-27-8-6-13(7-9-27)33-12-4-2-1-3-5-12)15-19(25-21)28(11-23-15)20-17(31)16(30)14(10-29)32-20/h1-5,11,13-14,16-17,20,29-31H,6-10H2,(H,24,25,26). The quantitative estimate of drug-likeness (QED) is 0.377. The van der Waals surface area contributed by atoms with Gasteiger partial charge in [0.05, 0.1) is 12.9 Å². The van der Waals surface area contributed by atoms with Crippen molar-refractivity contribution in [2.45, 2.75) is 47.5 Å². The van der Waals surface area contributed by atoms with Crippen molar-refractivity contribution in [2.75, 3.05) is 25.1 Å². The third-order valence-corrected chi connectivity index (χ3v) is 7.46. The normalized spacial score (nSPS) is 26.8. The zero-order chi connectivity index (χ0) is 22.9. The van der Waals surface area contributed by atoms with Gasteiger partial charge in [-0.1, -0.05) is 18.2 Å². The molecule has 176 valence electrons. The van der Waals surface area contributed by atoms with E-state index in [1.807, 2.05) is 17.8 Å². The fourth-order valence-corrected chi connectivity index (χ4v) is 5.50. The van der Waals surface area contributed by atoms with Crippen molar-refractivity contribution < 1.29 is 20.1 Å². The van der Waals surface area contributed by atoms with Gasteiger partial charge in [-0.2, -0.15) is 9.97 Å². The molecule has 4 N–H and O–H groups in total. The van der Waals surface area contributed by atoms with Crippen molar-refractivity contribution in [2.24, 2.45) is 0 Å². The van der Waals surface area contributed by atoms with Gasteiger partial charge in [0.1, 0.15) is 18.3 Å². The van der Waals surface area contributed by atoms with E-state index in [-0.39, 0.29) is 5.28 Å². The Morgan fingerprint density at radius 1 is 1.12 bits per heavy atom. The van der Waals surface area contributed by atoms with Gasteiger partial charge < -0.3 is 25.5 Å². The molecule has 4 unspecified atom stereocenters. The molecule has 4 heterocycles. The molecule has 2 fully saturated rings. The summed E-state index contributed by atoms with van der Waals surface area (Å²) in [7, 11) is 0. The van der Waals surface area contributed by atoms with Crippen LogP contribution in [-0.2, 0) is 4.74 Å². The SMILES string of the molecule is OCC1OC(n2cnc3c(NN4CCC(Sc5ccccc5)CC4)nc(Cl)nc32)C(O)C1O. The van der Waals surface area contributed by atoms with Crippen LogP contribution in [0.25, 0.3) is 11.2 Å². The summed E-state index contributed by atoms with van der Waals surface area (Å²) >= 11 is 8.10. The summed E-state index contributed by atoms with van der Waals surface area (Å²) in [5.41, 5.74) is 4.15. The molecule has 4 atom stereocenters. The van der Waals surface area contributed by atoms with Gasteiger partial charge in [-0.05, 0) is 36.6 Å². The van der Waals surface area contributed by atoms with Crippen LogP contribution < -0.4 is 5.43 Å². The van der Waals surface area contributed by atoms with E-state index in [0.29, 0.717) is 22.2 Å². The van der Waals surface area contributed by atoms with Gasteiger partial charge >= 0.3 is 0 Å². The smallest absolute Gasteiger partial charge is 0.226 e. The summed E-state index contributed by atoms with van der Waals surface area (Å²) in [4.78, 5) is 14.3. The maximum atomic E-state index is 10.4. The van der Waals surface area contributed by atoms with Crippen LogP contribution in [0.4, 0.5) is 5.82 Å². The number of nitrogens with one attached hydrogen (secondary N) is 1. The molecule has 0 amide bonds. The fourth-order valence-electron chi connectivity index (χ4n) is 4.19. The molecule has 5 rings (SSSR count). The Kier molecular flexibility index (Phi) is 6.70. The van der Waals surface area contributed by atoms with Crippen molar-refractivity contribution in [1.29, 1.82) is 0 Å². The monoisotopic (exact) mass is 492 g/mol. The topological polar surface area (TPSA) is 129 Å². The molecule has 0 aliphatic carbocycles. The van der Waals surface area contributed by atoms with Gasteiger partial charge in [-0.15, -0.1) is 11.8 Å². The molecule has 10 nitrogen and oxygen atoms in total. The first-order valence-electron chi connectivity index (χ1n) is 10.8. The number of aliphatic hydroxyl groups is 3. The minimum absolute atomic E-state index is 0.0213. The Balaban J connectivity index is 1.30. The summed E-state index contributed by atoms with van der Waals surface area (Å²) in [6, 6.07) is 10.4. The highest BCUT2D eigenvalue weighted by atomic mass is 35.5. The fraction of sp³-hybridized carbons (Fsp3) is 0.476. The van der Waals surface area contributed by atoms with Crippen LogP contribution in [0, 0.1) is 0 Å². The Morgan fingerprint density at radius 2 is 1.88 bits per heavy atom. The summed E-state index contributed by atoms with van der Waals surface area (Å²) in [5.74, 6) is 0.463. The molecule has 0 bridgehead atoms. The number of ether oxygens (including phenoxy) is 1. The van der Waals surface area contributed by atoms with E-state index in [0.717, 1.165) is 25.9 Å². The highest BCUT2D eigenvalue weighted by Gasteiger charge is 2.44. The maximum Gasteiger partial charge on any atom is 0.226 e. The van der Waals surface area contributed by atoms with Gasteiger partial charge in [0.2, 0.25) is 5.28 Å². The third kappa shape index (κ3) is 4.67. The Morgan fingerprint density at radius 3 is 2.58 bits per heavy atom. The summed E-state index contributed by atoms with van der Waals surface area (Å²) in [6.07, 6.45) is -0.812. The zero-order valence-corrected chi connectivity index (χ0v) is 19.2. The molecular formula is C21H25ClN6O4S. The van der Waals surface area contributed by atoms with Crippen molar-refractivity contribution >= 4 is 40.3 Å². The van der Waals surface area contributed by atoms with E-state index in [1.165, 1.54) is 15.8 Å². The predicted molar refractivity (Wildman–Crippen MR) is 124 cm³/mol. The number of aliphatic hydroxyl groups excluding tert-OH is 3. The molecule has 2 saturated heterocycles. The molecule has 0 spiro atoms. The first-order chi connectivity index (χ1) is 16.0. The Hall–Kier alpha value is -1.99. The lowest BCUT2D eigenvalue weighted by atomic mass is 10.1. The second-order valence-electron chi connectivity index (χ2n) is 8.12. The van der Waals surface area contributed by atoms with Crippen molar-refractivity contribution in [3.63, 3.8) is 0 Å². The summed E-state index contributed by atoms with van der Waals surface area (Å²) in [5, 5.41) is 32.5. The molecule has 3 aromatic rings. The molecule has 0 radical (unpaired) electrons. The highest BCUT2D eigenvalue weighted by Crippen LogP contribution is 2.34. The number of hydrogen-bond acceptors (Lipinski definition) is 10. The van der Waals surface area contributed by atoms with Crippen LogP contribution in [0.5, 0.6) is 0 Å². The predicted octanol–water partition coefficient (Wildman–Crippen LogP) is 1.67. The molecule has 2 aromatic heterocycles. The van der Waals surface area contributed by atoms with Crippen molar-refractivity contribution in [3.8, 4) is 0 Å². The van der Waals surface area contributed by atoms with Crippen LogP contribution in [0.3, 0.4) is 0 Å². The van der Waals surface area contributed by atoms with Gasteiger partial charge in [0.25, 0.3) is 0 Å². The van der Waals surface area contributed by atoms with Gasteiger partial charge in [-0.3, -0.25) is 4.57 Å². The second-order valence-corrected chi connectivity index (χ2v) is 9.84. The van der Waals surface area contributed by atoms with Crippen LogP contribution in [0.1, 0.15) is 19.1 Å². The number of piperidine rings is 1. The maximum absolute atomic E-state index is 10.4. The average Bonchev–Trinajstić information content (AvgIpc) is 3.36. The van der Waals surface area contributed by atoms with E-state index >= 15 is 0 Å². The lowest BCUT2D eigenvalue weighted by Gasteiger charge is -2.32. The van der Waals surface area contributed by atoms with Gasteiger partial charge in [0.15, 0.2) is 23.2 Å². The molecule has 12 heteroatoms. The number of nitrogens with zero attached hydrogens (tertiary/aromatic N) is 5. The number of thioether (sulfide) groups is 1. The zero-order valence-electron chi connectivity index (χ0n) is 17.7. The highest BCUT2D eigenvalue weighted by molar-refractivity contribution is 8.00. The largest absolute Gasteiger partial charge is 0.394 e. The molecular weight excluding hydrogens is 468 g/mol. The van der Waals surface area contributed by atoms with E-state index < -0.39 is 31.1 Å². The van der Waals surface area contributed by atoms with Gasteiger partial charge in [0, 0.05) is 23.2 Å². The second kappa shape index (κ2) is 9.71. The van der Waals surface area contributed by atoms with E-state index in [9.17, 15) is 15.3 Å². The van der Waals surface area contributed by atoms with Crippen molar-refractivity contribution in [1.82, 2.24) is 24.5 Å². The minimum Gasteiger partial charge on any atom is -0.394 e. The number of fused-ring (bicyclic) bond motifs is 1. The Labute approximate surface area is 199 Å². The van der Waals surface area contributed by atoms with E-state index in [4.69, 9.17) is 16.3 Å². The molecule has 2 aliphatic heterocycles. The number of hydrazine groups is 1. The van der Waals surface area contributed by atoms with E-state index in [2.05, 4.69) is 49.7 Å². The number of anilines is 1. The lowest BCUT2D eigenvalue weighted by molar-refractivity contribution is -0.0511. The summed E-state index contributed by atoms with van der Waals surface area (Å²) < 4.78 is 7.11. The number of benzene rings is 1. The number of halogens is 1. The van der Waals surface area contributed by atoms with E-state index in [1.54, 1.807) is 0 Å². The van der Waals surface area contributed by atoms with Crippen LogP contribution >= 0.6 is 23.4 Å². The molecule has 2 aliphatic rings. The third-order valence-electron chi connectivity index (χ3n) is 5.94. The first kappa shape index (κ1) is 22.8. The van der Waals surface area contributed by atoms with Crippen LogP contribution in [-0.4, -0.2) is 83.1 Å². The number of hydrogen-bond donors (Lipinski definition) is 4.